The number of aryl methyl sites for hydroxylation is 2. The number of benzene rings is 5. The Morgan fingerprint density at radius 2 is 1.03 bits per heavy atom. The zero-order chi connectivity index (χ0) is 78.6. The number of carbonyl (C=O) groups excluding carboxylic acids is 11. The number of nitrogens with one attached hydrogen (secondary N) is 11. The molecule has 107 heavy (non-hydrogen) atoms. The summed E-state index contributed by atoms with van der Waals surface area (Å²) in [5.41, 5.74) is 19.4. The number of carbonyl (C=O) groups is 13. The average Bonchev–Trinajstić information content (AvgIpc) is 0.936. The van der Waals surface area contributed by atoms with Crippen LogP contribution in [0, 0.1) is 6.92 Å². The number of hydrogen-bond donors (Lipinski definition) is 18. The molecule has 0 aliphatic rings. The maximum Gasteiger partial charge on any atom is 0.305 e. The summed E-state index contributed by atoms with van der Waals surface area (Å²) in [6, 6.07) is 18.8. The molecule has 5 aromatic carbocycles. The Morgan fingerprint density at radius 3 is 1.57 bits per heavy atom. The van der Waals surface area contributed by atoms with Crippen LogP contribution in [-0.4, -0.2) is 205 Å². The topological polar surface area (TPSA) is 533 Å². The second kappa shape index (κ2) is 40.9. The number of ether oxygens (including phenoxy) is 1. The summed E-state index contributed by atoms with van der Waals surface area (Å²) >= 11 is 0. The number of aromatic nitrogens is 2. The normalized spacial score (nSPS) is 14.4. The van der Waals surface area contributed by atoms with Crippen molar-refractivity contribution < 1.29 is 92.6 Å². The molecule has 33 heteroatoms. The van der Waals surface area contributed by atoms with Gasteiger partial charge in [-0.05, 0) is 103 Å². The summed E-state index contributed by atoms with van der Waals surface area (Å²) in [7, 11) is 1.55. The smallest absolute Gasteiger partial charge is 0.305 e. The van der Waals surface area contributed by atoms with Crippen molar-refractivity contribution in [3.63, 3.8) is 0 Å². The Morgan fingerprint density at radius 1 is 0.523 bits per heavy atom. The maximum atomic E-state index is 14.5. The molecular formula is C74H92N14O19. The summed E-state index contributed by atoms with van der Waals surface area (Å²) in [4.78, 5) is 182. The van der Waals surface area contributed by atoms with Gasteiger partial charge in [-0.2, -0.15) is 0 Å². The average molecular weight is 1480 g/mol. The fourth-order valence-corrected chi connectivity index (χ4v) is 11.2. The van der Waals surface area contributed by atoms with Crippen molar-refractivity contribution in [2.24, 2.45) is 11.5 Å². The van der Waals surface area contributed by atoms with Crippen LogP contribution in [-0.2, 0) is 94.4 Å². The van der Waals surface area contributed by atoms with Gasteiger partial charge < -0.3 is 99.9 Å². The minimum absolute atomic E-state index is 0.0338. The number of aliphatic hydroxyl groups excluding tert-OH is 3. The number of hydrogen-bond acceptors (Lipinski definition) is 19. The molecule has 12 atom stereocenters. The molecule has 20 N–H and O–H groups in total. The summed E-state index contributed by atoms with van der Waals surface area (Å²) in [6.07, 6.45) is -3.01. The molecule has 1 aromatic heterocycles. The van der Waals surface area contributed by atoms with E-state index in [1.165, 1.54) is 19.4 Å². The molecule has 1 heterocycles. The van der Waals surface area contributed by atoms with E-state index in [0.29, 0.717) is 34.6 Å². The number of aliphatic carboxylic acids is 2. The van der Waals surface area contributed by atoms with Crippen molar-refractivity contribution in [1.29, 1.82) is 0 Å². The summed E-state index contributed by atoms with van der Waals surface area (Å²) in [5, 5.41) is 75.1. The molecule has 0 aliphatic carbocycles. The Hall–Kier alpha value is -11.9. The molecule has 0 unspecified atom stereocenters. The number of imidazole rings is 1. The molecular weight excluding hydrogens is 1390 g/mol. The van der Waals surface area contributed by atoms with Gasteiger partial charge in [0.05, 0.1) is 51.3 Å². The molecule has 0 saturated carbocycles. The minimum Gasteiger partial charge on any atom is -0.497 e. The van der Waals surface area contributed by atoms with Crippen LogP contribution in [0.4, 0.5) is 0 Å². The monoisotopic (exact) mass is 1480 g/mol. The van der Waals surface area contributed by atoms with Gasteiger partial charge in [0.15, 0.2) is 0 Å². The second-order valence-corrected chi connectivity index (χ2v) is 25.5. The molecule has 0 spiro atoms. The molecule has 0 radical (unpaired) electrons. The number of rotatable bonds is 41. The van der Waals surface area contributed by atoms with Gasteiger partial charge in [-0.15, -0.1) is 0 Å². The minimum atomic E-state index is -2.05. The number of methoxy groups -OCH3 is 1. The highest BCUT2D eigenvalue weighted by atomic mass is 16.5. The van der Waals surface area contributed by atoms with Crippen LogP contribution in [0.15, 0.2) is 134 Å². The van der Waals surface area contributed by atoms with E-state index in [0.717, 1.165) is 47.2 Å². The van der Waals surface area contributed by atoms with Crippen LogP contribution in [0.25, 0.3) is 22.3 Å². The van der Waals surface area contributed by atoms with E-state index >= 15 is 0 Å². The van der Waals surface area contributed by atoms with Crippen molar-refractivity contribution in [3.05, 3.63) is 167 Å². The zero-order valence-electron chi connectivity index (χ0n) is 59.8. The van der Waals surface area contributed by atoms with Crippen molar-refractivity contribution in [1.82, 2.24) is 63.1 Å². The van der Waals surface area contributed by atoms with E-state index in [-0.39, 0.29) is 25.7 Å². The Balaban J connectivity index is 1.15. The molecule has 6 rings (SSSR count). The predicted molar refractivity (Wildman–Crippen MR) is 387 cm³/mol. The van der Waals surface area contributed by atoms with Crippen LogP contribution in [0.1, 0.15) is 80.5 Å². The molecule has 6 aromatic rings. The van der Waals surface area contributed by atoms with Crippen molar-refractivity contribution in [2.75, 3.05) is 20.3 Å². The molecule has 11 amide bonds. The number of aliphatic hydroxyl groups is 3. The third-order valence-electron chi connectivity index (χ3n) is 17.2. The molecule has 0 saturated heterocycles. The van der Waals surface area contributed by atoms with E-state index in [1.807, 2.05) is 62.4 Å². The first-order valence-electron chi connectivity index (χ1n) is 34.3. The number of nitrogens with zero attached hydrogens (tertiary/aromatic N) is 1. The molecule has 572 valence electrons. The van der Waals surface area contributed by atoms with Gasteiger partial charge in [0.1, 0.15) is 60.1 Å². The van der Waals surface area contributed by atoms with Crippen LogP contribution < -0.4 is 69.4 Å². The fraction of sp³-hybridized carbons (Fsp3) is 0.378. The first kappa shape index (κ1) is 84.0. The third-order valence-corrected chi connectivity index (χ3v) is 17.2. The van der Waals surface area contributed by atoms with Crippen LogP contribution in [0.3, 0.4) is 0 Å². The first-order valence-corrected chi connectivity index (χ1v) is 34.3. The highest BCUT2D eigenvalue weighted by Crippen LogP contribution is 2.29. The van der Waals surface area contributed by atoms with Crippen molar-refractivity contribution >= 4 is 76.9 Å². The standard InChI is InChI=1S/C74H92N14O19/c1-7-46-32-50(107-6)25-26-52(46)48-23-19-45(20-24-48)31-56(69(101)82-55(65(76)97)29-44-17-21-47(22-18-44)51-16-12-11-13-39(51)2)83-70(102)58(34-62(95)96)84-72(104)59(37-89)86-74(106)64(42(5)91)88-71(103)57(30-43-14-9-8-10-15-43)85-73(105)63(41(4)90)87-60(92)36-78-68(100)54(27-28-61(93)94)81-66(98)40(3)80-67(99)53(75)33-49-35-77-38-79-49/h8-26,32,35,38,40-42,53-59,63-64,89-91H,7,27-31,33-34,36-37,75H2,1-6H3,(H2,76,97)(H,77,79)(H,78,100)(H,80,99)(H,81,98)(H,82,101)(H,83,102)(H,84,104)(H,85,105)(H,86,106)(H,87,92)(H,88,103)(H,93,94)(H,95,96)/t40-,41+,42+,53-,54-,55-,56-,57-,58-,59-,63-,64-/m0/s1. The van der Waals surface area contributed by atoms with Gasteiger partial charge >= 0.3 is 11.9 Å². The molecule has 33 nitrogen and oxygen atoms in total. The van der Waals surface area contributed by atoms with E-state index in [9.17, 15) is 87.9 Å². The third kappa shape index (κ3) is 26.0. The second-order valence-electron chi connectivity index (χ2n) is 25.5. The van der Waals surface area contributed by atoms with Crippen molar-refractivity contribution in [2.45, 2.75) is 159 Å². The Kier molecular flexibility index (Phi) is 32.1. The van der Waals surface area contributed by atoms with Gasteiger partial charge in [0.2, 0.25) is 65.0 Å². The van der Waals surface area contributed by atoms with Gasteiger partial charge in [-0.25, -0.2) is 4.98 Å². The Labute approximate surface area is 615 Å². The highest BCUT2D eigenvalue weighted by Gasteiger charge is 2.38. The van der Waals surface area contributed by atoms with E-state index < -0.39 is 182 Å². The van der Waals surface area contributed by atoms with E-state index in [1.54, 1.807) is 79.9 Å². The maximum absolute atomic E-state index is 14.5. The number of H-pyrrole nitrogens is 1. The SMILES string of the molecule is CCc1cc(OC)ccc1-c1ccc(C[C@H](NC(=O)[C@H](CC(=O)O)NC(=O)[C@H](CO)NC(=O)[C@@H](NC(=O)[C@H](Cc2ccccc2)NC(=O)[C@@H](NC(=O)CNC(=O)[C@H](CCC(=O)O)NC(=O)[C@H](C)NC(=O)[C@@H](N)Cc2cnc[nH]2)[C@@H](C)O)[C@@H](C)O)C(=O)N[C@@H](Cc2ccc(-c3ccccc3C)cc2)C(N)=O)cc1. The van der Waals surface area contributed by atoms with Gasteiger partial charge in [-0.3, -0.25) is 62.3 Å². The highest BCUT2D eigenvalue weighted by molar-refractivity contribution is 6.00. The lowest BCUT2D eigenvalue weighted by atomic mass is 9.95. The van der Waals surface area contributed by atoms with Crippen molar-refractivity contribution in [3.8, 4) is 28.0 Å². The van der Waals surface area contributed by atoms with E-state index in [2.05, 4.69) is 63.1 Å². The fourth-order valence-electron chi connectivity index (χ4n) is 11.2. The molecule has 0 bridgehead atoms. The largest absolute Gasteiger partial charge is 0.497 e. The summed E-state index contributed by atoms with van der Waals surface area (Å²) in [5.74, 6) is -14.4. The van der Waals surface area contributed by atoms with Crippen LogP contribution >= 0.6 is 0 Å². The summed E-state index contributed by atoms with van der Waals surface area (Å²) < 4.78 is 5.41. The quantitative estimate of drug-likeness (QED) is 0.0203. The predicted octanol–water partition coefficient (Wildman–Crippen LogP) is -1.70. The number of primary amides is 1. The molecule has 0 aliphatic heterocycles. The van der Waals surface area contributed by atoms with Gasteiger partial charge in [-0.1, -0.05) is 116 Å². The van der Waals surface area contributed by atoms with Crippen LogP contribution in [0.5, 0.6) is 5.75 Å². The zero-order valence-corrected chi connectivity index (χ0v) is 59.8. The van der Waals surface area contributed by atoms with E-state index in [4.69, 9.17) is 16.2 Å². The van der Waals surface area contributed by atoms with Crippen LogP contribution in [0.2, 0.25) is 0 Å². The molecule has 0 fully saturated rings. The number of amides is 11. The number of nitrogens with two attached hydrogens (primary N) is 2. The number of carboxylic acids is 2. The number of carboxylic acid groups (broad SMARTS) is 2. The lowest BCUT2D eigenvalue weighted by Gasteiger charge is -2.28. The first-order chi connectivity index (χ1) is 50.9. The lowest BCUT2D eigenvalue weighted by Crippen LogP contribution is -2.63. The lowest BCUT2D eigenvalue weighted by molar-refractivity contribution is -0.142. The summed E-state index contributed by atoms with van der Waals surface area (Å²) in [6.45, 7) is 5.19. The Bertz CT molecular complexity index is 4090. The van der Waals surface area contributed by atoms with Gasteiger partial charge in [0.25, 0.3) is 0 Å². The number of aromatic amines is 1. The van der Waals surface area contributed by atoms with Gasteiger partial charge in [0, 0.05) is 44.0 Å².